The first-order valence-corrected chi connectivity index (χ1v) is 3.24. The van der Waals surface area contributed by atoms with E-state index in [1.807, 2.05) is 0 Å². The second kappa shape index (κ2) is 2.69. The molecule has 0 aliphatic heterocycles. The van der Waals surface area contributed by atoms with Crippen molar-refractivity contribution in [1.29, 1.82) is 0 Å². The monoisotopic (exact) mass is 154 g/mol. The van der Waals surface area contributed by atoms with Gasteiger partial charge in [-0.3, -0.25) is 0 Å². The van der Waals surface area contributed by atoms with E-state index in [0.717, 1.165) is 0 Å². The van der Waals surface area contributed by atoms with Crippen LogP contribution in [0.3, 0.4) is 0 Å². The van der Waals surface area contributed by atoms with E-state index in [1.165, 1.54) is 11.6 Å². The summed E-state index contributed by atoms with van der Waals surface area (Å²) in [4.78, 5) is 0. The van der Waals surface area contributed by atoms with E-state index in [9.17, 15) is 5.11 Å². The van der Waals surface area contributed by atoms with Crippen molar-refractivity contribution in [2.24, 2.45) is 12.1 Å². The van der Waals surface area contributed by atoms with E-state index in [2.05, 4.69) is 10.2 Å². The molecular formula is C6H10N4O. The van der Waals surface area contributed by atoms with Gasteiger partial charge >= 0.3 is 0 Å². The molecule has 0 aromatic carbocycles. The summed E-state index contributed by atoms with van der Waals surface area (Å²) in [7, 11) is 1.78. The molecule has 0 radical (unpaired) electrons. The molecule has 0 spiro atoms. The molecule has 1 heterocycles. The highest BCUT2D eigenvalue weighted by atomic mass is 16.3. The lowest BCUT2D eigenvalue weighted by Crippen LogP contribution is -2.28. The quantitative estimate of drug-likeness (QED) is 0.282. The average Bonchev–Trinajstić information content (AvgIpc) is 2.09. The summed E-state index contributed by atoms with van der Waals surface area (Å²) in [6.45, 7) is 3.19. The van der Waals surface area contributed by atoms with Crippen LogP contribution in [0.2, 0.25) is 0 Å². The van der Waals surface area contributed by atoms with Crippen LogP contribution < -0.4 is 9.79 Å². The van der Waals surface area contributed by atoms with Gasteiger partial charge in [0.05, 0.1) is 0 Å². The summed E-state index contributed by atoms with van der Waals surface area (Å²) in [6, 6.07) is 0. The molecule has 0 unspecified atom stereocenters. The topological polar surface area (TPSA) is 57.1 Å². The van der Waals surface area contributed by atoms with Gasteiger partial charge in [0.2, 0.25) is 0 Å². The Morgan fingerprint density at radius 1 is 1.82 bits per heavy atom. The highest BCUT2D eigenvalue weighted by molar-refractivity contribution is 5.67. The molecule has 1 aromatic heterocycles. The zero-order chi connectivity index (χ0) is 8.43. The zero-order valence-electron chi connectivity index (χ0n) is 6.77. The first kappa shape index (κ1) is 7.71. The van der Waals surface area contributed by atoms with E-state index in [1.54, 1.807) is 25.0 Å². The third-order valence-corrected chi connectivity index (χ3v) is 1.16. The zero-order valence-corrected chi connectivity index (χ0v) is 6.77. The summed E-state index contributed by atoms with van der Waals surface area (Å²) in [5.41, 5.74) is 0. The summed E-state index contributed by atoms with van der Waals surface area (Å²) in [6.07, 6.45) is 1.64. The van der Waals surface area contributed by atoms with Crippen molar-refractivity contribution in [3.63, 3.8) is 0 Å². The molecule has 11 heavy (non-hydrogen) atoms. The predicted molar refractivity (Wildman–Crippen MR) is 36.6 cm³/mol. The molecule has 0 saturated carbocycles. The largest absolute Gasteiger partial charge is 0.859 e. The second-order valence-corrected chi connectivity index (χ2v) is 2.30. The Hall–Kier alpha value is -1.39. The van der Waals surface area contributed by atoms with Gasteiger partial charge in [-0.15, -0.1) is 4.68 Å². The van der Waals surface area contributed by atoms with Crippen LogP contribution in [0.5, 0.6) is 0 Å². The van der Waals surface area contributed by atoms with E-state index < -0.39 is 0 Å². The van der Waals surface area contributed by atoms with Crippen LogP contribution in [0.15, 0.2) is 11.4 Å². The number of rotatable bonds is 1. The Morgan fingerprint density at radius 3 is 2.82 bits per heavy atom. The third kappa shape index (κ3) is 1.76. The molecule has 5 nitrogen and oxygen atoms in total. The van der Waals surface area contributed by atoms with Crippen molar-refractivity contribution in [3.05, 3.63) is 12.2 Å². The van der Waals surface area contributed by atoms with E-state index in [-0.39, 0.29) is 5.90 Å². The lowest BCUT2D eigenvalue weighted by atomic mass is 10.7. The summed E-state index contributed by atoms with van der Waals surface area (Å²) >= 11 is 0. The van der Waals surface area contributed by atoms with Crippen molar-refractivity contribution in [1.82, 2.24) is 9.77 Å². The van der Waals surface area contributed by atoms with Gasteiger partial charge in [-0.05, 0) is 12.0 Å². The van der Waals surface area contributed by atoms with E-state index in [0.29, 0.717) is 5.82 Å². The summed E-state index contributed by atoms with van der Waals surface area (Å²) in [5, 5.41) is 18.2. The fourth-order valence-corrected chi connectivity index (χ4v) is 0.792. The fraction of sp³-hybridized carbons (Fsp3) is 0.500. The molecular weight excluding hydrogens is 144 g/mol. The van der Waals surface area contributed by atoms with Gasteiger partial charge in [0.15, 0.2) is 0 Å². The maximum Gasteiger partial charge on any atom is 0.291 e. The van der Waals surface area contributed by atoms with Gasteiger partial charge in [-0.25, -0.2) is 0 Å². The fourth-order valence-electron chi connectivity index (χ4n) is 0.792. The van der Waals surface area contributed by atoms with E-state index in [4.69, 9.17) is 0 Å². The van der Waals surface area contributed by atoms with Crippen LogP contribution >= 0.6 is 0 Å². The van der Waals surface area contributed by atoms with Gasteiger partial charge in [-0.2, -0.15) is 0 Å². The molecule has 0 amide bonds. The second-order valence-electron chi connectivity index (χ2n) is 2.30. The predicted octanol–water partition coefficient (Wildman–Crippen LogP) is -1.44. The standard InChI is InChI=1S/C6H10N4O/c1-5-7-9(3)4-10(5)8-6(2)11/h4H,1-3H3. The molecule has 0 atom stereocenters. The van der Waals surface area contributed by atoms with Gasteiger partial charge in [0.25, 0.3) is 12.2 Å². The maximum atomic E-state index is 10.6. The Bertz CT molecular complexity index is 285. The van der Waals surface area contributed by atoms with Crippen molar-refractivity contribution >= 4 is 5.90 Å². The van der Waals surface area contributed by atoms with Crippen molar-refractivity contribution in [2.45, 2.75) is 13.8 Å². The highest BCUT2D eigenvalue weighted by Crippen LogP contribution is 1.88. The molecule has 0 N–H and O–H groups in total. The molecule has 5 heteroatoms. The van der Waals surface area contributed by atoms with Gasteiger partial charge in [-0.1, -0.05) is 9.78 Å². The number of nitrogens with zero attached hydrogens (tertiary/aromatic N) is 4. The Morgan fingerprint density at radius 2 is 2.45 bits per heavy atom. The van der Waals surface area contributed by atoms with E-state index >= 15 is 0 Å². The van der Waals surface area contributed by atoms with Crippen LogP contribution in [-0.4, -0.2) is 15.7 Å². The molecule has 0 aliphatic carbocycles. The third-order valence-electron chi connectivity index (χ3n) is 1.16. The highest BCUT2D eigenvalue weighted by Gasteiger charge is 2.05. The maximum absolute atomic E-state index is 10.6. The first-order chi connectivity index (χ1) is 5.09. The lowest BCUT2D eigenvalue weighted by molar-refractivity contribution is -0.729. The molecule has 0 saturated heterocycles. The smallest absolute Gasteiger partial charge is 0.291 e. The van der Waals surface area contributed by atoms with Gasteiger partial charge in [0, 0.05) is 12.8 Å². The van der Waals surface area contributed by atoms with Crippen LogP contribution in [0, 0.1) is 6.92 Å². The summed E-state index contributed by atoms with van der Waals surface area (Å²) < 4.78 is 3.05. The van der Waals surface area contributed by atoms with Crippen molar-refractivity contribution in [3.8, 4) is 0 Å². The minimum atomic E-state index is -0.230. The van der Waals surface area contributed by atoms with Crippen molar-refractivity contribution < 1.29 is 9.79 Å². The van der Waals surface area contributed by atoms with Crippen LogP contribution in [0.1, 0.15) is 12.7 Å². The Labute approximate surface area is 64.6 Å². The molecule has 1 rings (SSSR count). The lowest BCUT2D eigenvalue weighted by Gasteiger charge is -1.96. The molecule has 0 aliphatic rings. The molecule has 60 valence electrons. The summed E-state index contributed by atoms with van der Waals surface area (Å²) in [5.74, 6) is 0.466. The van der Waals surface area contributed by atoms with Crippen LogP contribution in [-0.2, 0) is 7.05 Å². The SMILES string of the molecule is C/C([O-])=N/n1c[n+](C)nc1C. The first-order valence-electron chi connectivity index (χ1n) is 3.24. The molecule has 1 aromatic rings. The number of aromatic nitrogens is 3. The Kier molecular flexibility index (Phi) is 1.89. The van der Waals surface area contributed by atoms with Crippen LogP contribution in [0.25, 0.3) is 0 Å². The molecule has 0 bridgehead atoms. The van der Waals surface area contributed by atoms with Gasteiger partial charge in [0.1, 0.15) is 7.05 Å². The number of aryl methyl sites for hydroxylation is 2. The average molecular weight is 154 g/mol. The minimum Gasteiger partial charge on any atom is -0.859 e. The normalized spacial score (nSPS) is 12.1. The molecule has 0 fully saturated rings. The van der Waals surface area contributed by atoms with Crippen LogP contribution in [0.4, 0.5) is 0 Å². The van der Waals surface area contributed by atoms with Gasteiger partial charge < -0.3 is 5.11 Å². The number of hydrogen-bond acceptors (Lipinski definition) is 3. The number of hydrogen-bond donors (Lipinski definition) is 0. The van der Waals surface area contributed by atoms with Crippen molar-refractivity contribution in [2.75, 3.05) is 0 Å². The minimum absolute atomic E-state index is 0.230. The Balaban J connectivity index is 3.04.